The summed E-state index contributed by atoms with van der Waals surface area (Å²) in [6.45, 7) is 3.12. The van der Waals surface area contributed by atoms with E-state index >= 15 is 0 Å². The SMILES string of the molecule is C[C@]1(C(=O)O)C2C(=O)C=CC(N2Cc2ccccc2)[C@@]1(C)C(=O)O. The molecule has 0 spiro atoms. The van der Waals surface area contributed by atoms with Gasteiger partial charge in [0.05, 0.1) is 6.04 Å². The summed E-state index contributed by atoms with van der Waals surface area (Å²) in [6.07, 6.45) is 2.86. The van der Waals surface area contributed by atoms with E-state index in [9.17, 15) is 24.6 Å². The smallest absolute Gasteiger partial charge is 0.312 e. The van der Waals surface area contributed by atoms with Crippen LogP contribution in [0.1, 0.15) is 19.4 Å². The van der Waals surface area contributed by atoms with Crippen molar-refractivity contribution < 1.29 is 24.6 Å². The quantitative estimate of drug-likeness (QED) is 0.870. The molecule has 0 radical (unpaired) electrons. The van der Waals surface area contributed by atoms with Crippen molar-refractivity contribution in [3.8, 4) is 0 Å². The van der Waals surface area contributed by atoms with Gasteiger partial charge in [-0.1, -0.05) is 36.4 Å². The highest BCUT2D eigenvalue weighted by Crippen LogP contribution is 2.57. The van der Waals surface area contributed by atoms with Crippen LogP contribution in [0.3, 0.4) is 0 Å². The molecule has 0 aliphatic carbocycles. The third-order valence-electron chi connectivity index (χ3n) is 5.71. The third-order valence-corrected chi connectivity index (χ3v) is 5.71. The summed E-state index contributed by atoms with van der Waals surface area (Å²) in [5.41, 5.74) is -2.43. The lowest BCUT2D eigenvalue weighted by molar-refractivity contribution is -0.169. The molecular weight excluding hydrogens is 310 g/mol. The first-order valence-electron chi connectivity index (χ1n) is 7.73. The maximum absolute atomic E-state index is 12.5. The first-order chi connectivity index (χ1) is 11.2. The largest absolute Gasteiger partial charge is 0.481 e. The molecule has 0 saturated carbocycles. The Hall–Kier alpha value is -2.47. The normalized spacial score (nSPS) is 35.2. The molecule has 1 aromatic carbocycles. The summed E-state index contributed by atoms with van der Waals surface area (Å²) in [4.78, 5) is 38.3. The van der Waals surface area contributed by atoms with Gasteiger partial charge in [-0.25, -0.2) is 0 Å². The monoisotopic (exact) mass is 329 g/mol. The number of aliphatic carboxylic acids is 2. The van der Waals surface area contributed by atoms with Crippen molar-refractivity contribution in [2.24, 2.45) is 10.8 Å². The first kappa shape index (κ1) is 16.4. The van der Waals surface area contributed by atoms with Crippen molar-refractivity contribution in [3.63, 3.8) is 0 Å². The minimum absolute atomic E-state index is 0.317. The van der Waals surface area contributed by atoms with E-state index in [0.29, 0.717) is 6.54 Å². The highest BCUT2D eigenvalue weighted by molar-refractivity contribution is 6.04. The van der Waals surface area contributed by atoms with Crippen LogP contribution in [-0.4, -0.2) is 44.9 Å². The minimum Gasteiger partial charge on any atom is -0.481 e. The van der Waals surface area contributed by atoms with Crippen LogP contribution in [0.5, 0.6) is 0 Å². The fraction of sp³-hybridized carbons (Fsp3) is 0.389. The van der Waals surface area contributed by atoms with Crippen LogP contribution < -0.4 is 0 Å². The molecule has 6 nitrogen and oxygen atoms in total. The molecule has 6 heteroatoms. The van der Waals surface area contributed by atoms with E-state index in [-0.39, 0.29) is 5.78 Å². The molecule has 2 N–H and O–H groups in total. The second-order valence-electron chi connectivity index (χ2n) is 6.78. The zero-order chi connectivity index (χ0) is 17.7. The molecule has 3 rings (SSSR count). The summed E-state index contributed by atoms with van der Waals surface area (Å²) in [6, 6.07) is 7.64. The molecule has 2 aliphatic rings. The van der Waals surface area contributed by atoms with Gasteiger partial charge in [0.15, 0.2) is 5.78 Å². The Labute approximate surface area is 139 Å². The number of carbonyl (C=O) groups excluding carboxylic acids is 1. The first-order valence-corrected chi connectivity index (χ1v) is 7.73. The van der Waals surface area contributed by atoms with E-state index in [1.807, 2.05) is 30.3 Å². The average Bonchev–Trinajstić information content (AvgIpc) is 2.67. The zero-order valence-electron chi connectivity index (χ0n) is 13.5. The second kappa shape index (κ2) is 5.27. The van der Waals surface area contributed by atoms with Crippen molar-refractivity contribution in [2.45, 2.75) is 32.5 Å². The van der Waals surface area contributed by atoms with E-state index in [1.165, 1.54) is 26.0 Å². The van der Waals surface area contributed by atoms with Crippen LogP contribution in [0.25, 0.3) is 0 Å². The van der Waals surface area contributed by atoms with Gasteiger partial charge in [-0.2, -0.15) is 0 Å². The summed E-state index contributed by atoms with van der Waals surface area (Å²) in [7, 11) is 0. The second-order valence-corrected chi connectivity index (χ2v) is 6.78. The topological polar surface area (TPSA) is 94.9 Å². The number of ketones is 1. The Balaban J connectivity index is 2.15. The van der Waals surface area contributed by atoms with Crippen LogP contribution in [0.4, 0.5) is 0 Å². The van der Waals surface area contributed by atoms with E-state index in [4.69, 9.17) is 0 Å². The van der Waals surface area contributed by atoms with Gasteiger partial charge >= 0.3 is 11.9 Å². The lowest BCUT2D eigenvalue weighted by Gasteiger charge is -2.36. The fourth-order valence-corrected chi connectivity index (χ4v) is 4.11. The van der Waals surface area contributed by atoms with Gasteiger partial charge in [-0.15, -0.1) is 0 Å². The van der Waals surface area contributed by atoms with Gasteiger partial charge in [0.2, 0.25) is 0 Å². The summed E-state index contributed by atoms with van der Waals surface area (Å²) in [5, 5.41) is 19.7. The number of hydrogen-bond donors (Lipinski definition) is 2. The summed E-state index contributed by atoms with van der Waals surface area (Å²) < 4.78 is 0. The van der Waals surface area contributed by atoms with Crippen molar-refractivity contribution >= 4 is 17.7 Å². The molecular formula is C18H19NO5. The van der Waals surface area contributed by atoms with Crippen LogP contribution in [0.2, 0.25) is 0 Å². The molecule has 1 aromatic rings. The maximum Gasteiger partial charge on any atom is 0.312 e. The van der Waals surface area contributed by atoms with Crippen molar-refractivity contribution in [1.82, 2.24) is 4.90 Å². The fourth-order valence-electron chi connectivity index (χ4n) is 4.11. The molecule has 0 amide bonds. The number of fused-ring (bicyclic) bond motifs is 2. The lowest BCUT2D eigenvalue weighted by atomic mass is 9.62. The molecule has 2 aliphatic heterocycles. The van der Waals surface area contributed by atoms with Crippen LogP contribution >= 0.6 is 0 Å². The number of benzene rings is 1. The average molecular weight is 329 g/mol. The highest BCUT2D eigenvalue weighted by Gasteiger charge is 2.73. The molecule has 126 valence electrons. The van der Waals surface area contributed by atoms with Gasteiger partial charge in [-0.3, -0.25) is 19.3 Å². The van der Waals surface area contributed by atoms with Crippen molar-refractivity contribution in [3.05, 3.63) is 48.0 Å². The molecule has 1 fully saturated rings. The number of carboxylic acids is 2. The number of nitrogens with zero attached hydrogens (tertiary/aromatic N) is 1. The van der Waals surface area contributed by atoms with Gasteiger partial charge in [0.25, 0.3) is 0 Å². The number of carbonyl (C=O) groups is 3. The molecule has 24 heavy (non-hydrogen) atoms. The Morgan fingerprint density at radius 1 is 1.08 bits per heavy atom. The Bertz CT molecular complexity index is 743. The zero-order valence-corrected chi connectivity index (χ0v) is 13.5. The van der Waals surface area contributed by atoms with Crippen LogP contribution in [0.15, 0.2) is 42.5 Å². The standard InChI is InChI=1S/C18H19NO5/c1-17(15(21)22)13-9-8-12(20)14(18(17,2)16(23)24)19(13)10-11-6-4-3-5-7-11/h3-9,13-14H,10H2,1-2H3,(H,21,22)(H,23,24)/t13?,14?,17-,18+/m0/s1. The van der Waals surface area contributed by atoms with Crippen molar-refractivity contribution in [1.29, 1.82) is 0 Å². The van der Waals surface area contributed by atoms with Crippen LogP contribution in [-0.2, 0) is 20.9 Å². The molecule has 2 unspecified atom stereocenters. The number of hydrogen-bond acceptors (Lipinski definition) is 4. The predicted octanol–water partition coefficient (Wildman–Crippen LogP) is 1.56. The van der Waals surface area contributed by atoms with E-state index in [0.717, 1.165) is 5.56 Å². The summed E-state index contributed by atoms with van der Waals surface area (Å²) >= 11 is 0. The molecule has 1 saturated heterocycles. The molecule has 4 atom stereocenters. The molecule has 2 heterocycles. The van der Waals surface area contributed by atoms with E-state index < -0.39 is 34.9 Å². The maximum atomic E-state index is 12.5. The number of rotatable bonds is 4. The number of carboxylic acid groups (broad SMARTS) is 2. The van der Waals surface area contributed by atoms with Gasteiger partial charge in [-0.05, 0) is 25.5 Å². The Kier molecular flexibility index (Phi) is 3.60. The van der Waals surface area contributed by atoms with Crippen molar-refractivity contribution in [2.75, 3.05) is 0 Å². The molecule has 0 aromatic heterocycles. The Morgan fingerprint density at radius 3 is 2.21 bits per heavy atom. The van der Waals surface area contributed by atoms with Gasteiger partial charge in [0, 0.05) is 12.6 Å². The Morgan fingerprint density at radius 2 is 1.67 bits per heavy atom. The van der Waals surface area contributed by atoms with Crippen LogP contribution in [0, 0.1) is 10.8 Å². The van der Waals surface area contributed by atoms with E-state index in [1.54, 1.807) is 4.90 Å². The summed E-state index contributed by atoms with van der Waals surface area (Å²) in [5.74, 6) is -2.84. The third kappa shape index (κ3) is 1.89. The molecule has 2 bridgehead atoms. The van der Waals surface area contributed by atoms with Gasteiger partial charge in [0.1, 0.15) is 10.8 Å². The predicted molar refractivity (Wildman–Crippen MR) is 85.2 cm³/mol. The highest BCUT2D eigenvalue weighted by atomic mass is 16.4. The van der Waals surface area contributed by atoms with E-state index in [2.05, 4.69) is 0 Å². The van der Waals surface area contributed by atoms with Gasteiger partial charge < -0.3 is 10.2 Å². The minimum atomic E-state index is -1.72. The lowest BCUT2D eigenvalue weighted by Crippen LogP contribution is -2.54.